The van der Waals surface area contributed by atoms with E-state index in [1.54, 1.807) is 19.1 Å². The minimum absolute atomic E-state index is 0.00611. The summed E-state index contributed by atoms with van der Waals surface area (Å²) >= 11 is 6.34. The Morgan fingerprint density at radius 1 is 1.22 bits per heavy atom. The smallest absolute Gasteiger partial charge is 0.354 e. The van der Waals surface area contributed by atoms with Crippen molar-refractivity contribution in [3.05, 3.63) is 57.8 Å². The van der Waals surface area contributed by atoms with Gasteiger partial charge in [0, 0.05) is 29.3 Å². The molecule has 0 radical (unpaired) electrons. The Labute approximate surface area is 212 Å². The van der Waals surface area contributed by atoms with Gasteiger partial charge in [-0.15, -0.1) is 0 Å². The van der Waals surface area contributed by atoms with Crippen molar-refractivity contribution in [2.24, 2.45) is 0 Å². The predicted octanol–water partition coefficient (Wildman–Crippen LogP) is 5.52. The minimum Gasteiger partial charge on any atom is -0.477 e. The fourth-order valence-electron chi connectivity index (χ4n) is 5.62. The maximum absolute atomic E-state index is 14.7. The maximum atomic E-state index is 14.7. The van der Waals surface area contributed by atoms with Crippen LogP contribution in [0, 0.1) is 12.7 Å². The molecule has 3 atom stereocenters. The molecule has 3 aromatic rings. The number of aryl methyl sites for hydroxylation is 1. The molecule has 6 rings (SSSR count). The van der Waals surface area contributed by atoms with Crippen LogP contribution in [0.2, 0.25) is 5.02 Å². The van der Waals surface area contributed by atoms with Gasteiger partial charge in [-0.25, -0.2) is 19.2 Å². The molecule has 2 saturated heterocycles. The van der Waals surface area contributed by atoms with Crippen molar-refractivity contribution in [3.8, 4) is 11.3 Å². The van der Waals surface area contributed by atoms with Crippen LogP contribution in [0.5, 0.6) is 0 Å². The first-order valence-corrected chi connectivity index (χ1v) is 12.7. The van der Waals surface area contributed by atoms with Crippen molar-refractivity contribution in [3.63, 3.8) is 0 Å². The van der Waals surface area contributed by atoms with Crippen molar-refractivity contribution in [1.82, 2.24) is 15.1 Å². The summed E-state index contributed by atoms with van der Waals surface area (Å²) in [6.45, 7) is 2.05. The Kier molecular flexibility index (Phi) is 5.92. The van der Waals surface area contributed by atoms with Gasteiger partial charge in [0.2, 0.25) is 5.95 Å². The zero-order valence-corrected chi connectivity index (χ0v) is 20.5. The van der Waals surface area contributed by atoms with E-state index in [0.717, 1.165) is 49.8 Å². The van der Waals surface area contributed by atoms with Gasteiger partial charge in [-0.1, -0.05) is 22.8 Å². The van der Waals surface area contributed by atoms with Crippen molar-refractivity contribution in [2.75, 3.05) is 4.90 Å². The number of hydrogen-bond donors (Lipinski definition) is 1. The number of aromatic nitrogens is 3. The lowest BCUT2D eigenvalue weighted by atomic mass is 9.99. The van der Waals surface area contributed by atoms with Crippen LogP contribution in [0.4, 0.5) is 10.3 Å². The van der Waals surface area contributed by atoms with Gasteiger partial charge in [-0.2, -0.15) is 0 Å². The molecule has 1 saturated carbocycles. The molecule has 2 aliphatic heterocycles. The van der Waals surface area contributed by atoms with E-state index in [-0.39, 0.29) is 47.0 Å². The van der Waals surface area contributed by atoms with Gasteiger partial charge in [0.25, 0.3) is 0 Å². The highest BCUT2D eigenvalue weighted by molar-refractivity contribution is 6.33. The van der Waals surface area contributed by atoms with Crippen LogP contribution in [0.25, 0.3) is 11.3 Å². The van der Waals surface area contributed by atoms with Gasteiger partial charge in [0.15, 0.2) is 5.69 Å². The number of piperidine rings is 1. The Bertz CT molecular complexity index is 1290. The van der Waals surface area contributed by atoms with E-state index in [0.29, 0.717) is 17.3 Å². The number of benzene rings is 1. The number of anilines is 1. The predicted molar refractivity (Wildman–Crippen MR) is 130 cm³/mol. The summed E-state index contributed by atoms with van der Waals surface area (Å²) in [6.07, 6.45) is 5.52. The van der Waals surface area contributed by atoms with E-state index in [9.17, 15) is 14.3 Å². The normalized spacial score (nSPS) is 23.3. The lowest BCUT2D eigenvalue weighted by Gasteiger charge is -2.39. The number of carboxylic acids is 1. The summed E-state index contributed by atoms with van der Waals surface area (Å²) in [5.74, 6) is 0.0298. The molecule has 0 spiro atoms. The fraction of sp³-hybridized carbons (Fsp3) is 0.462. The van der Waals surface area contributed by atoms with Gasteiger partial charge in [0.1, 0.15) is 17.3 Å². The average molecular weight is 513 g/mol. The standard InChI is InChI=1S/C26H26ClFN4O4/c1-13-9-21(25(33)34)30-26(29-13)32-15-7-8-16(32)11-17(10-15)35-12-18-23(31-36-24(18)14-5-6-14)22-19(27)3-2-4-20(22)28/h2-4,9,14-17H,5-8,10-12H2,1H3,(H,33,34)/t15-,16?,17?/m0/s1. The molecule has 3 aliphatic rings. The Hall–Kier alpha value is -3.04. The number of nitrogens with zero attached hydrogens (tertiary/aromatic N) is 4. The third-order valence-corrected chi connectivity index (χ3v) is 7.73. The summed E-state index contributed by atoms with van der Waals surface area (Å²) < 4.78 is 26.8. The summed E-state index contributed by atoms with van der Waals surface area (Å²) in [5, 5.41) is 13.9. The molecule has 10 heteroatoms. The summed E-state index contributed by atoms with van der Waals surface area (Å²) in [5.41, 5.74) is 2.07. The second kappa shape index (κ2) is 9.12. The third-order valence-electron chi connectivity index (χ3n) is 7.41. The molecule has 1 aliphatic carbocycles. The maximum Gasteiger partial charge on any atom is 0.354 e. The average Bonchev–Trinajstić information content (AvgIpc) is 3.54. The number of rotatable bonds is 7. The van der Waals surface area contributed by atoms with Crippen LogP contribution < -0.4 is 4.90 Å². The zero-order valence-electron chi connectivity index (χ0n) is 19.8. The van der Waals surface area contributed by atoms with Crippen LogP contribution in [-0.4, -0.2) is 44.4 Å². The molecule has 1 N–H and O–H groups in total. The monoisotopic (exact) mass is 512 g/mol. The number of ether oxygens (including phenoxy) is 1. The number of carboxylic acid groups (broad SMARTS) is 1. The highest BCUT2D eigenvalue weighted by atomic mass is 35.5. The van der Waals surface area contributed by atoms with Crippen molar-refractivity contribution in [1.29, 1.82) is 0 Å². The van der Waals surface area contributed by atoms with E-state index in [4.69, 9.17) is 20.9 Å². The molecule has 36 heavy (non-hydrogen) atoms. The van der Waals surface area contributed by atoms with Crippen LogP contribution in [0.15, 0.2) is 28.8 Å². The third kappa shape index (κ3) is 4.24. The largest absolute Gasteiger partial charge is 0.477 e. The molecular formula is C26H26ClFN4O4. The lowest BCUT2D eigenvalue weighted by Crippen LogP contribution is -2.46. The first-order chi connectivity index (χ1) is 17.4. The molecule has 3 fully saturated rings. The van der Waals surface area contributed by atoms with Gasteiger partial charge in [0.05, 0.1) is 23.3 Å². The lowest BCUT2D eigenvalue weighted by molar-refractivity contribution is 0.0144. The fourth-order valence-corrected chi connectivity index (χ4v) is 5.87. The van der Waals surface area contributed by atoms with Crippen LogP contribution in [0.1, 0.15) is 71.9 Å². The van der Waals surface area contributed by atoms with E-state index in [1.807, 2.05) is 0 Å². The SMILES string of the molecule is Cc1cc(C(=O)O)nc(N2C3CC[C@H]2CC(OCc2c(-c4c(F)cccc4Cl)noc2C2CC2)C3)n1. The van der Waals surface area contributed by atoms with E-state index in [2.05, 4.69) is 20.0 Å². The Morgan fingerprint density at radius 3 is 2.64 bits per heavy atom. The molecule has 2 aromatic heterocycles. The van der Waals surface area contributed by atoms with Crippen LogP contribution in [0.3, 0.4) is 0 Å². The number of aromatic carboxylic acids is 1. The number of halogens is 2. The molecule has 4 heterocycles. The molecular weight excluding hydrogens is 487 g/mol. The van der Waals surface area contributed by atoms with Crippen LogP contribution in [-0.2, 0) is 11.3 Å². The molecule has 1 aromatic carbocycles. The second-order valence-corrected chi connectivity index (χ2v) is 10.3. The highest BCUT2D eigenvalue weighted by Crippen LogP contribution is 2.46. The van der Waals surface area contributed by atoms with Gasteiger partial charge < -0.3 is 19.3 Å². The Balaban J connectivity index is 1.21. The van der Waals surface area contributed by atoms with Crippen molar-refractivity contribution < 1.29 is 23.6 Å². The number of fused-ring (bicyclic) bond motifs is 2. The van der Waals surface area contributed by atoms with Crippen LogP contribution >= 0.6 is 11.6 Å². The van der Waals surface area contributed by atoms with E-state index >= 15 is 0 Å². The van der Waals surface area contributed by atoms with Gasteiger partial charge in [-0.3, -0.25) is 0 Å². The Morgan fingerprint density at radius 2 is 1.97 bits per heavy atom. The first kappa shape index (κ1) is 23.4. The molecule has 2 bridgehead atoms. The molecule has 188 valence electrons. The van der Waals surface area contributed by atoms with Crippen molar-refractivity contribution in [2.45, 2.75) is 76.2 Å². The minimum atomic E-state index is -1.06. The first-order valence-electron chi connectivity index (χ1n) is 12.3. The zero-order chi connectivity index (χ0) is 25.0. The summed E-state index contributed by atoms with van der Waals surface area (Å²) in [6, 6.07) is 6.41. The molecule has 8 nitrogen and oxygen atoms in total. The summed E-state index contributed by atoms with van der Waals surface area (Å²) in [7, 11) is 0. The molecule has 0 amide bonds. The van der Waals surface area contributed by atoms with Gasteiger partial charge in [-0.05, 0) is 63.6 Å². The van der Waals surface area contributed by atoms with E-state index in [1.165, 1.54) is 12.1 Å². The van der Waals surface area contributed by atoms with Crippen molar-refractivity contribution >= 4 is 23.5 Å². The summed E-state index contributed by atoms with van der Waals surface area (Å²) in [4.78, 5) is 22.5. The number of carbonyl (C=O) groups is 1. The number of hydrogen-bond acceptors (Lipinski definition) is 7. The van der Waals surface area contributed by atoms with E-state index < -0.39 is 11.8 Å². The molecule has 2 unspecified atom stereocenters. The highest BCUT2D eigenvalue weighted by Gasteiger charge is 2.43. The quantitative estimate of drug-likeness (QED) is 0.441. The topological polar surface area (TPSA) is 102 Å². The van der Waals surface area contributed by atoms with Gasteiger partial charge >= 0.3 is 5.97 Å². The second-order valence-electron chi connectivity index (χ2n) is 9.94.